The number of aromatic hydroxyl groups is 1. The van der Waals surface area contributed by atoms with Crippen molar-refractivity contribution >= 4 is 16.0 Å². The van der Waals surface area contributed by atoms with Crippen LogP contribution >= 0.6 is 0 Å². The van der Waals surface area contributed by atoms with E-state index in [1.165, 1.54) is 0 Å². The number of phenolic OH excluding ortho intramolecular Hbond substituents is 1. The van der Waals surface area contributed by atoms with Gasteiger partial charge >= 0.3 is 0 Å². The standard InChI is InChI=1S/C13H17NO6S.Ac/c1-8-9(4-3-5-11(8)15)13-14-10(6-19-13)12(16)7-20-21(2,17)18;/h3-5,10,12,15-16H,6-7H2,1-2H3;/t10-,12?;/m0./s1. The van der Waals surface area contributed by atoms with Gasteiger partial charge in [-0.2, -0.15) is 8.42 Å². The second-order valence-corrected chi connectivity index (χ2v) is 6.46. The topological polar surface area (TPSA) is 105 Å². The average Bonchev–Trinajstić information content (AvgIpc) is 2.88. The summed E-state index contributed by atoms with van der Waals surface area (Å²) in [6, 6.07) is 4.36. The summed E-state index contributed by atoms with van der Waals surface area (Å²) in [5.74, 6) is 0.440. The van der Waals surface area contributed by atoms with Gasteiger partial charge in [0.05, 0.1) is 12.9 Å². The van der Waals surface area contributed by atoms with Gasteiger partial charge in [0.25, 0.3) is 10.1 Å². The van der Waals surface area contributed by atoms with Crippen molar-refractivity contribution in [1.82, 2.24) is 0 Å². The maximum absolute atomic E-state index is 10.9. The largest absolute Gasteiger partial charge is 0.508 e. The Morgan fingerprint density at radius 2 is 2.18 bits per heavy atom. The SMILES string of the molecule is Cc1c(O)cccc1C1=N[C@H](C(O)COS(C)(=O)=O)CO1.[Ac]. The van der Waals surface area contributed by atoms with Gasteiger partial charge in [-0.25, -0.2) is 4.99 Å². The Bertz CT molecular complexity index is 660. The molecule has 1 radical (unpaired) electrons. The summed E-state index contributed by atoms with van der Waals surface area (Å²) in [7, 11) is -3.61. The van der Waals surface area contributed by atoms with Crippen LogP contribution in [0.1, 0.15) is 11.1 Å². The van der Waals surface area contributed by atoms with Crippen LogP contribution in [0, 0.1) is 51.0 Å². The molecule has 0 fully saturated rings. The molecule has 0 amide bonds. The van der Waals surface area contributed by atoms with Crippen LogP contribution in [0.25, 0.3) is 0 Å². The van der Waals surface area contributed by atoms with E-state index in [2.05, 4.69) is 9.18 Å². The molecule has 1 aromatic rings. The minimum Gasteiger partial charge on any atom is -0.508 e. The fourth-order valence-electron chi connectivity index (χ4n) is 1.89. The molecule has 0 spiro atoms. The number of aliphatic hydroxyl groups excluding tert-OH is 1. The molecule has 2 rings (SSSR count). The van der Waals surface area contributed by atoms with E-state index in [0.29, 0.717) is 17.0 Å². The molecule has 2 atom stereocenters. The third-order valence-corrected chi connectivity index (χ3v) is 3.67. The predicted molar refractivity (Wildman–Crippen MR) is 75.9 cm³/mol. The van der Waals surface area contributed by atoms with Crippen molar-refractivity contribution in [2.24, 2.45) is 4.99 Å². The van der Waals surface area contributed by atoms with Crippen molar-refractivity contribution in [3.63, 3.8) is 0 Å². The third-order valence-electron chi connectivity index (χ3n) is 3.11. The molecule has 9 heteroatoms. The number of ether oxygens (including phenoxy) is 1. The third kappa shape index (κ3) is 5.17. The summed E-state index contributed by atoms with van der Waals surface area (Å²) in [4.78, 5) is 4.22. The number of benzene rings is 1. The first-order chi connectivity index (χ1) is 9.78. The molecule has 119 valence electrons. The Labute approximate surface area is 165 Å². The van der Waals surface area contributed by atoms with E-state index in [-0.39, 0.29) is 63.0 Å². The zero-order valence-electron chi connectivity index (χ0n) is 12.3. The number of phenols is 1. The average molecular weight is 542 g/mol. The van der Waals surface area contributed by atoms with Crippen LogP contribution < -0.4 is 0 Å². The number of hydrogen-bond donors (Lipinski definition) is 2. The van der Waals surface area contributed by atoms with Gasteiger partial charge in [0.15, 0.2) is 0 Å². The summed E-state index contributed by atoms with van der Waals surface area (Å²) in [6.45, 7) is 1.48. The van der Waals surface area contributed by atoms with Crippen molar-refractivity contribution in [3.8, 4) is 5.75 Å². The number of aliphatic hydroxyl groups is 1. The Morgan fingerprint density at radius 1 is 1.50 bits per heavy atom. The second-order valence-electron chi connectivity index (χ2n) is 4.82. The molecule has 0 saturated carbocycles. The molecule has 7 nitrogen and oxygen atoms in total. The summed E-state index contributed by atoms with van der Waals surface area (Å²) >= 11 is 0. The smallest absolute Gasteiger partial charge is 0.264 e. The number of nitrogens with zero attached hydrogens (tertiary/aromatic N) is 1. The zero-order chi connectivity index (χ0) is 15.6. The van der Waals surface area contributed by atoms with Crippen LogP contribution in [-0.4, -0.2) is 56.1 Å². The van der Waals surface area contributed by atoms with Crippen molar-refractivity contribution in [2.45, 2.75) is 19.1 Å². The molecule has 1 aromatic carbocycles. The summed E-state index contributed by atoms with van der Waals surface area (Å²) in [5.41, 5.74) is 1.26. The molecule has 0 aliphatic carbocycles. The van der Waals surface area contributed by atoms with Gasteiger partial charge in [-0.1, -0.05) is 6.07 Å². The monoisotopic (exact) mass is 542 g/mol. The Balaban J connectivity index is 0.00000242. The fourth-order valence-corrected chi connectivity index (χ4v) is 2.28. The maximum Gasteiger partial charge on any atom is 0.264 e. The molecule has 0 aromatic heterocycles. The normalized spacial score (nSPS) is 19.0. The Hall–Kier alpha value is -0.198. The fraction of sp³-hybridized carbons (Fsp3) is 0.462. The van der Waals surface area contributed by atoms with E-state index >= 15 is 0 Å². The minimum absolute atomic E-state index is 0. The van der Waals surface area contributed by atoms with Crippen molar-refractivity contribution in [2.75, 3.05) is 19.5 Å². The van der Waals surface area contributed by atoms with E-state index in [9.17, 15) is 18.6 Å². The summed E-state index contributed by atoms with van der Waals surface area (Å²) in [5, 5.41) is 19.5. The van der Waals surface area contributed by atoms with Gasteiger partial charge in [0, 0.05) is 55.2 Å². The Morgan fingerprint density at radius 3 is 2.82 bits per heavy atom. The summed E-state index contributed by atoms with van der Waals surface area (Å²) in [6.07, 6.45) is -0.176. The predicted octanol–water partition coefficient (Wildman–Crippen LogP) is 0.183. The van der Waals surface area contributed by atoms with Gasteiger partial charge in [-0.3, -0.25) is 4.18 Å². The Kier molecular flexibility index (Phi) is 7.28. The van der Waals surface area contributed by atoms with E-state index in [1.54, 1.807) is 25.1 Å². The summed E-state index contributed by atoms with van der Waals surface area (Å²) < 4.78 is 31.7. The van der Waals surface area contributed by atoms with Crippen molar-refractivity contribution < 1.29 is 71.6 Å². The molecule has 2 N–H and O–H groups in total. The first-order valence-corrected chi connectivity index (χ1v) is 8.11. The number of rotatable bonds is 5. The molecule has 1 unspecified atom stereocenters. The van der Waals surface area contributed by atoms with Crippen LogP contribution in [-0.2, 0) is 19.0 Å². The molecular formula is C13H17AcNO6S. The number of hydrogen-bond acceptors (Lipinski definition) is 7. The van der Waals surface area contributed by atoms with Gasteiger partial charge in [-0.15, -0.1) is 0 Å². The van der Waals surface area contributed by atoms with E-state index in [4.69, 9.17) is 4.74 Å². The first kappa shape index (κ1) is 19.8. The second kappa shape index (κ2) is 8.06. The molecule has 22 heavy (non-hydrogen) atoms. The van der Waals surface area contributed by atoms with Gasteiger partial charge in [0.2, 0.25) is 5.90 Å². The molecule has 1 aliphatic heterocycles. The van der Waals surface area contributed by atoms with E-state index in [1.807, 2.05) is 0 Å². The van der Waals surface area contributed by atoms with Gasteiger partial charge in [0.1, 0.15) is 24.5 Å². The van der Waals surface area contributed by atoms with Crippen molar-refractivity contribution in [1.29, 1.82) is 0 Å². The molecule has 1 aliphatic rings. The zero-order valence-corrected chi connectivity index (χ0v) is 17.8. The van der Waals surface area contributed by atoms with Crippen LogP contribution in [0.3, 0.4) is 0 Å². The van der Waals surface area contributed by atoms with E-state index < -0.39 is 22.3 Å². The van der Waals surface area contributed by atoms with Gasteiger partial charge < -0.3 is 14.9 Å². The first-order valence-electron chi connectivity index (χ1n) is 6.30. The van der Waals surface area contributed by atoms with E-state index in [0.717, 1.165) is 6.26 Å². The molecule has 0 bridgehead atoms. The minimum atomic E-state index is -3.61. The maximum atomic E-state index is 10.9. The van der Waals surface area contributed by atoms with Crippen LogP contribution in [0.4, 0.5) is 0 Å². The molecular weight excluding hydrogens is 525 g/mol. The van der Waals surface area contributed by atoms with Crippen LogP contribution in [0.2, 0.25) is 0 Å². The molecule has 0 saturated heterocycles. The van der Waals surface area contributed by atoms with Crippen LogP contribution in [0.5, 0.6) is 5.75 Å². The number of aliphatic imine (C=N–C) groups is 1. The molecule has 1 heterocycles. The van der Waals surface area contributed by atoms with Gasteiger partial charge in [-0.05, 0) is 19.1 Å². The van der Waals surface area contributed by atoms with Crippen LogP contribution in [0.15, 0.2) is 23.2 Å². The quantitative estimate of drug-likeness (QED) is 0.515. The van der Waals surface area contributed by atoms with Crippen molar-refractivity contribution in [3.05, 3.63) is 29.3 Å².